The van der Waals surface area contributed by atoms with Gasteiger partial charge >= 0.3 is 0 Å². The van der Waals surface area contributed by atoms with Crippen LogP contribution in [0.4, 0.5) is 4.39 Å². The van der Waals surface area contributed by atoms with Crippen molar-refractivity contribution in [3.05, 3.63) is 83.8 Å². The molecule has 0 saturated carbocycles. The monoisotopic (exact) mass is 310 g/mol. The first-order chi connectivity index (χ1) is 11.2. The Labute approximate surface area is 132 Å². The predicted molar refractivity (Wildman–Crippen MR) is 82.4 cm³/mol. The normalized spacial score (nSPS) is 17.1. The van der Waals surface area contributed by atoms with Crippen molar-refractivity contribution in [1.82, 2.24) is 9.47 Å². The highest BCUT2D eigenvalue weighted by Gasteiger charge is 2.33. The van der Waals surface area contributed by atoms with Crippen molar-refractivity contribution in [3.8, 4) is 0 Å². The maximum Gasteiger partial charge on any atom is 0.254 e. The maximum atomic E-state index is 13.5. The number of carbonyl (C=O) groups excluding carboxylic acids is 1. The molecule has 23 heavy (non-hydrogen) atoms. The van der Waals surface area contributed by atoms with Gasteiger partial charge in [-0.1, -0.05) is 6.07 Å². The van der Waals surface area contributed by atoms with Gasteiger partial charge in [0.1, 0.15) is 11.9 Å². The number of aromatic nitrogens is 1. The van der Waals surface area contributed by atoms with Crippen LogP contribution in [0.25, 0.3) is 0 Å². The third-order valence-electron chi connectivity index (χ3n) is 4.23. The fraction of sp³-hybridized carbons (Fsp3) is 0.167. The lowest BCUT2D eigenvalue weighted by atomic mass is 10.0. The molecule has 2 aromatic heterocycles. The van der Waals surface area contributed by atoms with Gasteiger partial charge in [-0.15, -0.1) is 0 Å². The lowest BCUT2D eigenvalue weighted by molar-refractivity contribution is 0.0663. The molecule has 0 radical (unpaired) electrons. The standard InChI is InChI=1S/C18H15FN2O2/c19-15-4-1-3-13(11-15)18(22)21-9-8-20-7-2-5-16(20)17(21)14-6-10-23-12-14/h1-7,10-12,17H,8-9H2. The molecule has 0 N–H and O–H groups in total. The van der Waals surface area contributed by atoms with E-state index in [-0.39, 0.29) is 11.9 Å². The summed E-state index contributed by atoms with van der Waals surface area (Å²) in [5, 5.41) is 0. The summed E-state index contributed by atoms with van der Waals surface area (Å²) in [5.41, 5.74) is 2.30. The van der Waals surface area contributed by atoms with Crippen molar-refractivity contribution in [1.29, 1.82) is 0 Å². The molecule has 0 saturated heterocycles. The summed E-state index contributed by atoms with van der Waals surface area (Å²) in [6.45, 7) is 1.28. The van der Waals surface area contributed by atoms with E-state index in [2.05, 4.69) is 4.57 Å². The molecule has 4 rings (SSSR count). The highest BCUT2D eigenvalue weighted by Crippen LogP contribution is 2.33. The predicted octanol–water partition coefficient (Wildman–Crippen LogP) is 3.47. The first kappa shape index (κ1) is 13.8. The van der Waals surface area contributed by atoms with Crippen LogP contribution < -0.4 is 0 Å². The van der Waals surface area contributed by atoms with Gasteiger partial charge in [-0.05, 0) is 36.4 Å². The van der Waals surface area contributed by atoms with Crippen LogP contribution in [0.15, 0.2) is 65.6 Å². The number of rotatable bonds is 2. The quantitative estimate of drug-likeness (QED) is 0.727. The fourth-order valence-electron chi connectivity index (χ4n) is 3.17. The zero-order valence-electron chi connectivity index (χ0n) is 12.4. The number of amides is 1. The van der Waals surface area contributed by atoms with E-state index in [1.165, 1.54) is 12.1 Å². The second kappa shape index (κ2) is 5.43. The largest absolute Gasteiger partial charge is 0.472 e. The molecule has 1 aliphatic rings. The van der Waals surface area contributed by atoms with Gasteiger partial charge in [-0.2, -0.15) is 0 Å². The van der Waals surface area contributed by atoms with Crippen LogP contribution in [0.1, 0.15) is 27.7 Å². The zero-order valence-corrected chi connectivity index (χ0v) is 12.4. The number of hydrogen-bond donors (Lipinski definition) is 0. The van der Waals surface area contributed by atoms with Gasteiger partial charge < -0.3 is 13.9 Å². The molecule has 5 heteroatoms. The first-order valence-electron chi connectivity index (χ1n) is 7.48. The number of carbonyl (C=O) groups is 1. The Morgan fingerprint density at radius 2 is 2.09 bits per heavy atom. The molecule has 0 aliphatic carbocycles. The average molecular weight is 310 g/mol. The third kappa shape index (κ3) is 2.34. The number of nitrogens with zero attached hydrogens (tertiary/aromatic N) is 2. The van der Waals surface area contributed by atoms with Gasteiger partial charge in [0, 0.05) is 36.1 Å². The van der Waals surface area contributed by atoms with Crippen LogP contribution in [0.2, 0.25) is 0 Å². The molecule has 0 bridgehead atoms. The van der Waals surface area contributed by atoms with Gasteiger partial charge in [0.2, 0.25) is 0 Å². The number of halogens is 1. The molecular formula is C18H15FN2O2. The summed E-state index contributed by atoms with van der Waals surface area (Å²) in [5.74, 6) is -0.584. The molecule has 0 spiro atoms. The molecule has 0 fully saturated rings. The van der Waals surface area contributed by atoms with Crippen LogP contribution in [0, 0.1) is 5.82 Å². The van der Waals surface area contributed by atoms with Crippen molar-refractivity contribution >= 4 is 5.91 Å². The van der Waals surface area contributed by atoms with Crippen molar-refractivity contribution < 1.29 is 13.6 Å². The Bertz CT molecular complexity index is 838. The van der Waals surface area contributed by atoms with Crippen LogP contribution >= 0.6 is 0 Å². The van der Waals surface area contributed by atoms with Crippen LogP contribution in [0.3, 0.4) is 0 Å². The minimum Gasteiger partial charge on any atom is -0.472 e. The second-order valence-corrected chi connectivity index (χ2v) is 5.59. The smallest absolute Gasteiger partial charge is 0.254 e. The Morgan fingerprint density at radius 3 is 2.87 bits per heavy atom. The molecule has 4 nitrogen and oxygen atoms in total. The van der Waals surface area contributed by atoms with Gasteiger partial charge in [0.25, 0.3) is 5.91 Å². The topological polar surface area (TPSA) is 38.4 Å². The summed E-state index contributed by atoms with van der Waals surface area (Å²) in [6.07, 6.45) is 5.26. The molecule has 1 unspecified atom stereocenters. The first-order valence-corrected chi connectivity index (χ1v) is 7.48. The van der Waals surface area contributed by atoms with Crippen molar-refractivity contribution in [2.45, 2.75) is 12.6 Å². The van der Waals surface area contributed by atoms with Crippen molar-refractivity contribution in [2.75, 3.05) is 6.54 Å². The van der Waals surface area contributed by atoms with Gasteiger partial charge in [-0.3, -0.25) is 4.79 Å². The van der Waals surface area contributed by atoms with E-state index in [4.69, 9.17) is 4.42 Å². The Balaban J connectivity index is 1.77. The Morgan fingerprint density at radius 1 is 1.17 bits per heavy atom. The van der Waals surface area contributed by atoms with E-state index >= 15 is 0 Å². The molecular weight excluding hydrogens is 295 g/mol. The SMILES string of the molecule is O=C(c1cccc(F)c1)N1CCn2cccc2C1c1ccoc1. The summed E-state index contributed by atoms with van der Waals surface area (Å²) in [7, 11) is 0. The number of hydrogen-bond acceptors (Lipinski definition) is 2. The lowest BCUT2D eigenvalue weighted by Gasteiger charge is -2.36. The van der Waals surface area contributed by atoms with E-state index in [9.17, 15) is 9.18 Å². The van der Waals surface area contributed by atoms with Crippen molar-refractivity contribution in [2.24, 2.45) is 0 Å². The number of furan rings is 1. The van der Waals surface area contributed by atoms with Gasteiger partial charge in [-0.25, -0.2) is 4.39 Å². The van der Waals surface area contributed by atoms with Crippen LogP contribution in [-0.4, -0.2) is 21.9 Å². The average Bonchev–Trinajstić information content (AvgIpc) is 3.24. The van der Waals surface area contributed by atoms with Gasteiger partial charge in [0.15, 0.2) is 0 Å². The van der Waals surface area contributed by atoms with E-state index in [1.54, 1.807) is 29.6 Å². The second-order valence-electron chi connectivity index (χ2n) is 5.59. The summed E-state index contributed by atoms with van der Waals surface area (Å²) in [6, 6.07) is 11.4. The lowest BCUT2D eigenvalue weighted by Crippen LogP contribution is -2.42. The van der Waals surface area contributed by atoms with E-state index in [0.29, 0.717) is 12.1 Å². The third-order valence-corrected chi connectivity index (χ3v) is 4.23. The summed E-state index contributed by atoms with van der Waals surface area (Å²) < 4.78 is 20.8. The molecule has 1 aliphatic heterocycles. The van der Waals surface area contributed by atoms with E-state index in [0.717, 1.165) is 17.8 Å². The van der Waals surface area contributed by atoms with E-state index < -0.39 is 5.82 Å². The van der Waals surface area contributed by atoms with Gasteiger partial charge in [0.05, 0.1) is 12.5 Å². The summed E-state index contributed by atoms with van der Waals surface area (Å²) >= 11 is 0. The fourth-order valence-corrected chi connectivity index (χ4v) is 3.17. The Hall–Kier alpha value is -2.82. The minimum absolute atomic E-state index is 0.178. The van der Waals surface area contributed by atoms with Crippen molar-refractivity contribution in [3.63, 3.8) is 0 Å². The van der Waals surface area contributed by atoms with E-state index in [1.807, 2.05) is 24.4 Å². The number of benzene rings is 1. The summed E-state index contributed by atoms with van der Waals surface area (Å²) in [4.78, 5) is 14.7. The molecule has 1 aromatic carbocycles. The molecule has 3 aromatic rings. The highest BCUT2D eigenvalue weighted by molar-refractivity contribution is 5.94. The molecule has 3 heterocycles. The van der Waals surface area contributed by atoms with Crippen LogP contribution in [-0.2, 0) is 6.54 Å². The minimum atomic E-state index is -0.406. The molecule has 1 atom stereocenters. The number of fused-ring (bicyclic) bond motifs is 1. The maximum absolute atomic E-state index is 13.5. The zero-order chi connectivity index (χ0) is 15.8. The molecule has 1 amide bonds. The van der Waals surface area contributed by atoms with Crippen LogP contribution in [0.5, 0.6) is 0 Å². The molecule has 116 valence electrons. The highest BCUT2D eigenvalue weighted by atomic mass is 19.1. The Kier molecular flexibility index (Phi) is 3.26.